The predicted molar refractivity (Wildman–Crippen MR) is 145 cm³/mol. The molecule has 1 aromatic rings. The summed E-state index contributed by atoms with van der Waals surface area (Å²) >= 11 is 5.34. The van der Waals surface area contributed by atoms with E-state index in [0.29, 0.717) is 12.8 Å². The molecule has 7 nitrogen and oxygen atoms in total. The Hall–Kier alpha value is -1.84. The highest BCUT2D eigenvalue weighted by atomic mass is 79.9. The minimum absolute atomic E-state index is 0.0292. The maximum absolute atomic E-state index is 14.6. The lowest BCUT2D eigenvalue weighted by Crippen LogP contribution is -2.58. The number of carbonyl (C=O) groups is 3. The normalized spacial score (nSPS) is 31.3. The highest BCUT2D eigenvalue weighted by molar-refractivity contribution is 9.09. The van der Waals surface area contributed by atoms with Crippen molar-refractivity contribution in [3.05, 3.63) is 42.0 Å². The lowest BCUT2D eigenvalue weighted by molar-refractivity contribution is -0.154. The minimum atomic E-state index is -0.819. The molecule has 3 aliphatic rings. The van der Waals surface area contributed by atoms with E-state index in [1.807, 2.05) is 39.0 Å². The van der Waals surface area contributed by atoms with Crippen LogP contribution >= 0.6 is 27.7 Å². The molecule has 1 N–H and O–H groups in total. The fourth-order valence-electron chi connectivity index (χ4n) is 6.46. The maximum Gasteiger partial charge on any atom is 0.310 e. The predicted octanol–water partition coefficient (Wildman–Crippen LogP) is 3.62. The number of likely N-dealkylation sites (tertiary alicyclic amines) is 1. The number of aliphatic hydroxyl groups is 1. The zero-order valence-corrected chi connectivity index (χ0v) is 23.7. The number of anilines is 1. The van der Waals surface area contributed by atoms with Gasteiger partial charge in [-0.25, -0.2) is 0 Å². The van der Waals surface area contributed by atoms with Crippen molar-refractivity contribution in [1.82, 2.24) is 4.90 Å². The molecule has 0 radical (unpaired) electrons. The number of aliphatic hydroxyl groups excluding tert-OH is 1. The topological polar surface area (TPSA) is 87.2 Å². The summed E-state index contributed by atoms with van der Waals surface area (Å²) in [6.45, 7) is 11.7. The molecule has 0 aromatic heterocycles. The van der Waals surface area contributed by atoms with Gasteiger partial charge in [-0.3, -0.25) is 14.4 Å². The van der Waals surface area contributed by atoms with Gasteiger partial charge in [0.05, 0.1) is 35.8 Å². The molecule has 3 heterocycles. The van der Waals surface area contributed by atoms with Crippen LogP contribution in [-0.2, 0) is 19.1 Å². The Labute approximate surface area is 225 Å². The highest BCUT2D eigenvalue weighted by Crippen LogP contribution is 2.68. The minimum Gasteiger partial charge on any atom is -0.466 e. The van der Waals surface area contributed by atoms with Crippen molar-refractivity contribution >= 4 is 51.2 Å². The van der Waals surface area contributed by atoms with Crippen LogP contribution in [0.1, 0.15) is 37.8 Å². The maximum atomic E-state index is 14.6. The first-order valence-corrected chi connectivity index (χ1v) is 14.4. The van der Waals surface area contributed by atoms with E-state index in [1.165, 1.54) is 0 Å². The lowest BCUT2D eigenvalue weighted by atomic mass is 9.71. The van der Waals surface area contributed by atoms with Crippen molar-refractivity contribution in [2.45, 2.75) is 67.4 Å². The van der Waals surface area contributed by atoms with Gasteiger partial charge in [-0.05, 0) is 44.7 Å². The number of alkyl halides is 1. The zero-order valence-electron chi connectivity index (χ0n) is 21.3. The van der Waals surface area contributed by atoms with Crippen molar-refractivity contribution in [3.63, 3.8) is 0 Å². The van der Waals surface area contributed by atoms with Gasteiger partial charge in [-0.1, -0.05) is 47.1 Å². The standard InChI is InChI=1S/C27H35BrN2O5S/c1-6-12-29(21-15(4)10-9-11-16(21)5)25(33)23-27-13-18(28)22(36-27)19(26(34)35-8-3)20(27)24(32)30(23)17(7-2)14-31/h6,9-11,17-20,22-23,31H,1,7-8,12-14H2,2-5H3/t17-,18?,19+,20-,22+,23?,27?/m0/s1. The number of carbonyl (C=O) groups excluding carboxylic acids is 3. The van der Waals surface area contributed by atoms with E-state index >= 15 is 0 Å². The second kappa shape index (κ2) is 10.5. The number of hydrogen-bond acceptors (Lipinski definition) is 6. The first-order chi connectivity index (χ1) is 17.2. The van der Waals surface area contributed by atoms with E-state index < -0.39 is 28.7 Å². The molecule has 2 amide bonds. The Bertz CT molecular complexity index is 1040. The number of esters is 1. The second-order valence-electron chi connectivity index (χ2n) is 9.88. The average molecular weight is 580 g/mol. The van der Waals surface area contributed by atoms with E-state index in [9.17, 15) is 19.5 Å². The van der Waals surface area contributed by atoms with Gasteiger partial charge in [-0.2, -0.15) is 0 Å². The summed E-state index contributed by atoms with van der Waals surface area (Å²) in [7, 11) is 0. The molecule has 36 heavy (non-hydrogen) atoms. The van der Waals surface area contributed by atoms with Crippen LogP contribution in [0.5, 0.6) is 0 Å². The molecular formula is C27H35BrN2O5S. The number of aryl methyl sites for hydroxylation is 2. The summed E-state index contributed by atoms with van der Waals surface area (Å²) in [5.74, 6) is -2.13. The van der Waals surface area contributed by atoms with Gasteiger partial charge in [0.15, 0.2) is 0 Å². The van der Waals surface area contributed by atoms with Gasteiger partial charge in [0, 0.05) is 22.3 Å². The first-order valence-electron chi connectivity index (χ1n) is 12.6. The number of para-hydroxylation sites is 1. The van der Waals surface area contributed by atoms with Crippen LogP contribution in [0.3, 0.4) is 0 Å². The smallest absolute Gasteiger partial charge is 0.310 e. The van der Waals surface area contributed by atoms with Gasteiger partial charge in [0.25, 0.3) is 5.91 Å². The quantitative estimate of drug-likeness (QED) is 0.273. The van der Waals surface area contributed by atoms with Crippen molar-refractivity contribution in [1.29, 1.82) is 0 Å². The van der Waals surface area contributed by atoms with E-state index in [2.05, 4.69) is 22.5 Å². The van der Waals surface area contributed by atoms with Gasteiger partial charge in [0.2, 0.25) is 5.91 Å². The molecular weight excluding hydrogens is 544 g/mol. The van der Waals surface area contributed by atoms with Crippen LogP contribution < -0.4 is 4.90 Å². The molecule has 3 aliphatic heterocycles. The van der Waals surface area contributed by atoms with Crippen LogP contribution in [0.4, 0.5) is 5.69 Å². The van der Waals surface area contributed by atoms with E-state index in [-0.39, 0.29) is 47.6 Å². The molecule has 3 saturated heterocycles. The number of nitrogens with zero attached hydrogens (tertiary/aromatic N) is 2. The molecule has 3 unspecified atom stereocenters. The number of halogens is 1. The number of hydrogen-bond donors (Lipinski definition) is 1. The summed E-state index contributed by atoms with van der Waals surface area (Å²) < 4.78 is 4.62. The number of benzene rings is 1. The van der Waals surface area contributed by atoms with Crippen molar-refractivity contribution in [2.75, 3.05) is 24.7 Å². The monoisotopic (exact) mass is 578 g/mol. The molecule has 0 saturated carbocycles. The summed E-state index contributed by atoms with van der Waals surface area (Å²) in [4.78, 5) is 45.1. The van der Waals surface area contributed by atoms with Crippen LogP contribution in [0.25, 0.3) is 0 Å². The summed E-state index contributed by atoms with van der Waals surface area (Å²) in [6, 6.07) is 4.55. The first kappa shape index (κ1) is 27.2. The summed E-state index contributed by atoms with van der Waals surface area (Å²) in [5, 5.41) is 10.1. The summed E-state index contributed by atoms with van der Waals surface area (Å²) in [6.07, 6.45) is 2.77. The second-order valence-corrected chi connectivity index (χ2v) is 12.6. The number of rotatable bonds is 9. The molecule has 0 aliphatic carbocycles. The van der Waals surface area contributed by atoms with Crippen molar-refractivity contribution < 1.29 is 24.2 Å². The number of amides is 2. The Morgan fingerprint density at radius 2 is 2.03 bits per heavy atom. The van der Waals surface area contributed by atoms with E-state index in [1.54, 1.807) is 34.6 Å². The largest absolute Gasteiger partial charge is 0.466 e. The van der Waals surface area contributed by atoms with Gasteiger partial charge in [0.1, 0.15) is 6.04 Å². The van der Waals surface area contributed by atoms with E-state index in [0.717, 1.165) is 16.8 Å². The van der Waals surface area contributed by atoms with Crippen LogP contribution in [0.15, 0.2) is 30.9 Å². The highest BCUT2D eigenvalue weighted by Gasteiger charge is 2.76. The van der Waals surface area contributed by atoms with E-state index in [4.69, 9.17) is 4.74 Å². The third-order valence-electron chi connectivity index (χ3n) is 7.88. The molecule has 9 heteroatoms. The van der Waals surface area contributed by atoms with Gasteiger partial charge in [-0.15, -0.1) is 18.3 Å². The van der Waals surface area contributed by atoms with Crippen molar-refractivity contribution in [3.8, 4) is 0 Å². The third kappa shape index (κ3) is 4.02. The molecule has 2 bridgehead atoms. The van der Waals surface area contributed by atoms with Crippen LogP contribution in [0, 0.1) is 25.7 Å². The molecule has 1 aromatic carbocycles. The molecule has 196 valence electrons. The molecule has 3 fully saturated rings. The molecule has 4 rings (SSSR count). The number of thioether (sulfide) groups is 1. The summed E-state index contributed by atoms with van der Waals surface area (Å²) in [5.41, 5.74) is 2.72. The third-order valence-corrected chi connectivity index (χ3v) is 11.1. The zero-order chi connectivity index (χ0) is 26.4. The van der Waals surface area contributed by atoms with Crippen LogP contribution in [0.2, 0.25) is 0 Å². The SMILES string of the molecule is C=CCN(C(=O)C1N([C@@H](CC)CO)C(=O)[C@@H]2[C@@H](C(=O)OCC)[C@@H]3SC12CC3Br)c1c(C)cccc1C. The Balaban J connectivity index is 1.87. The average Bonchev–Trinajstić information content (AvgIpc) is 3.43. The fraction of sp³-hybridized carbons (Fsp3) is 0.593. The Morgan fingerprint density at radius 3 is 2.58 bits per heavy atom. The lowest BCUT2D eigenvalue weighted by Gasteiger charge is -2.40. The van der Waals surface area contributed by atoms with Crippen molar-refractivity contribution in [2.24, 2.45) is 11.8 Å². The Kier molecular flexibility index (Phi) is 7.93. The number of ether oxygens (including phenoxy) is 1. The fourth-order valence-corrected chi connectivity index (χ4v) is 10.0. The number of fused-ring (bicyclic) bond motifs is 1. The molecule has 1 spiro atoms. The molecule has 7 atom stereocenters. The van der Waals surface area contributed by atoms with Gasteiger partial charge < -0.3 is 19.6 Å². The van der Waals surface area contributed by atoms with Gasteiger partial charge >= 0.3 is 5.97 Å². The Morgan fingerprint density at radius 1 is 1.36 bits per heavy atom. The van der Waals surface area contributed by atoms with Crippen LogP contribution in [-0.4, -0.2) is 74.5 Å².